The average molecular weight is 477 g/mol. The van der Waals surface area contributed by atoms with E-state index >= 15 is 0 Å². The van der Waals surface area contributed by atoms with Crippen LogP contribution in [0.25, 0.3) is 22.3 Å². The Morgan fingerprint density at radius 2 is 1.71 bits per heavy atom. The fourth-order valence-corrected chi connectivity index (χ4v) is 4.39. The van der Waals surface area contributed by atoms with Crippen LogP contribution in [0.15, 0.2) is 58.1 Å². The molecule has 1 aliphatic rings. The number of fused-ring (bicyclic) bond motifs is 4. The number of nitrogens with zero attached hydrogens (tertiary/aromatic N) is 2. The number of alkyl carbamates (subject to hydrolysis) is 1. The second-order valence-corrected chi connectivity index (χ2v) is 8.36. The highest BCUT2D eigenvalue weighted by Crippen LogP contribution is 2.44. The summed E-state index contributed by atoms with van der Waals surface area (Å²) >= 11 is 0. The van der Waals surface area contributed by atoms with Gasteiger partial charge < -0.3 is 25.3 Å². The van der Waals surface area contributed by atoms with Crippen molar-refractivity contribution >= 4 is 17.3 Å². The van der Waals surface area contributed by atoms with E-state index in [4.69, 9.17) is 4.74 Å². The lowest BCUT2D eigenvalue weighted by Crippen LogP contribution is -2.36. The highest BCUT2D eigenvalue weighted by atomic mass is 16.5. The third kappa shape index (κ3) is 4.00. The van der Waals surface area contributed by atoms with Crippen LogP contribution >= 0.6 is 0 Å². The number of aromatic nitrogens is 4. The molecule has 2 aromatic carbocycles. The van der Waals surface area contributed by atoms with Gasteiger partial charge >= 0.3 is 11.8 Å². The number of aliphatic hydroxyl groups is 2. The van der Waals surface area contributed by atoms with Crippen LogP contribution in [-0.4, -0.2) is 55.1 Å². The number of aliphatic hydroxyl groups excluding tert-OH is 2. The highest BCUT2D eigenvalue weighted by molar-refractivity contribution is 5.79. The largest absolute Gasteiger partial charge is 0.449 e. The van der Waals surface area contributed by atoms with E-state index in [1.807, 2.05) is 48.5 Å². The van der Waals surface area contributed by atoms with Gasteiger partial charge in [-0.3, -0.25) is 14.3 Å². The molecule has 4 aromatic rings. The first kappa shape index (κ1) is 22.6. The number of benzene rings is 2. The van der Waals surface area contributed by atoms with Gasteiger partial charge in [0, 0.05) is 19.5 Å². The summed E-state index contributed by atoms with van der Waals surface area (Å²) in [6.45, 7) is -0.219. The molecule has 0 bridgehead atoms. The van der Waals surface area contributed by atoms with Crippen molar-refractivity contribution in [3.63, 3.8) is 0 Å². The van der Waals surface area contributed by atoms with Gasteiger partial charge in [-0.1, -0.05) is 48.5 Å². The predicted octanol–water partition coefficient (Wildman–Crippen LogP) is 0.883. The van der Waals surface area contributed by atoms with E-state index < -0.39 is 29.6 Å². The average Bonchev–Trinajstić information content (AvgIpc) is 3.45. The minimum atomic E-state index is -1.55. The summed E-state index contributed by atoms with van der Waals surface area (Å²) in [5.74, 6) is -0.225. The number of hydrogen-bond acceptors (Lipinski definition) is 7. The molecule has 180 valence electrons. The number of rotatable bonds is 6. The van der Waals surface area contributed by atoms with Crippen molar-refractivity contribution in [1.29, 1.82) is 0 Å². The Labute approximate surface area is 198 Å². The molecule has 1 aliphatic carbocycles. The number of imidazole rings is 1. The summed E-state index contributed by atoms with van der Waals surface area (Å²) in [6, 6.07) is 15.9. The number of carbonyl (C=O) groups excluding carboxylic acids is 1. The van der Waals surface area contributed by atoms with Gasteiger partial charge in [0.15, 0.2) is 5.65 Å². The molecule has 2 heterocycles. The van der Waals surface area contributed by atoms with Gasteiger partial charge in [0.25, 0.3) is 5.56 Å². The number of nitrogens with one attached hydrogen (secondary N) is 3. The van der Waals surface area contributed by atoms with E-state index in [0.29, 0.717) is 0 Å². The second kappa shape index (κ2) is 8.85. The van der Waals surface area contributed by atoms with E-state index in [9.17, 15) is 24.6 Å². The number of carbonyl (C=O) groups is 1. The minimum absolute atomic E-state index is 0.0159. The van der Waals surface area contributed by atoms with Crippen molar-refractivity contribution in [2.75, 3.05) is 13.2 Å². The number of ether oxygens (including phenoxy) is 1. The predicted molar refractivity (Wildman–Crippen MR) is 126 cm³/mol. The Kier molecular flexibility index (Phi) is 5.71. The van der Waals surface area contributed by atoms with E-state index in [2.05, 4.69) is 20.3 Å². The smallest absolute Gasteiger partial charge is 0.407 e. The standard InChI is InChI=1S/C24H23N5O6/c1-29-21-18(22(32)28-23(29)33)26-20(27-21)19(31)17(30)10-25-24(34)35-11-16-14-8-4-2-6-12(14)13-7-3-5-9-15(13)16/h2-9,16-17,19,30-31H,10-11H2,1H3,(H,25,34)(H,26,27)(H,28,32,33). The second-order valence-electron chi connectivity index (χ2n) is 8.36. The van der Waals surface area contributed by atoms with Crippen LogP contribution in [0.4, 0.5) is 4.79 Å². The SMILES string of the molecule is Cn1c(=O)[nH]c(=O)c2[nH]c(C(O)C(O)CNC(=O)OCC3c4ccccc4-c4ccccc43)nc21. The van der Waals surface area contributed by atoms with Crippen molar-refractivity contribution in [2.24, 2.45) is 7.05 Å². The topological polar surface area (TPSA) is 162 Å². The van der Waals surface area contributed by atoms with Crippen molar-refractivity contribution in [3.8, 4) is 11.1 Å². The third-order valence-electron chi connectivity index (χ3n) is 6.22. The molecule has 2 unspecified atom stereocenters. The van der Waals surface area contributed by atoms with Crippen LogP contribution < -0.4 is 16.6 Å². The fraction of sp³-hybridized carbons (Fsp3) is 0.250. The molecule has 2 aromatic heterocycles. The van der Waals surface area contributed by atoms with Crippen LogP contribution in [0.2, 0.25) is 0 Å². The summed E-state index contributed by atoms with van der Waals surface area (Å²) in [7, 11) is 1.41. The maximum absolute atomic E-state index is 12.3. The zero-order chi connectivity index (χ0) is 24.7. The van der Waals surface area contributed by atoms with Crippen molar-refractivity contribution in [1.82, 2.24) is 24.8 Å². The Hall–Kier alpha value is -4.22. The lowest BCUT2D eigenvalue weighted by molar-refractivity contribution is 0.0140. The van der Waals surface area contributed by atoms with Crippen LogP contribution in [0.1, 0.15) is 29.0 Å². The summed E-state index contributed by atoms with van der Waals surface area (Å²) < 4.78 is 6.52. The van der Waals surface area contributed by atoms with E-state index in [1.165, 1.54) is 7.05 Å². The fourth-order valence-electron chi connectivity index (χ4n) is 4.39. The van der Waals surface area contributed by atoms with Crippen molar-refractivity contribution in [3.05, 3.63) is 86.3 Å². The third-order valence-corrected chi connectivity index (χ3v) is 6.22. The maximum atomic E-state index is 12.3. The van der Waals surface area contributed by atoms with E-state index in [1.54, 1.807) is 0 Å². The van der Waals surface area contributed by atoms with Gasteiger partial charge in [0.05, 0.1) is 0 Å². The van der Waals surface area contributed by atoms with Crippen molar-refractivity contribution in [2.45, 2.75) is 18.1 Å². The van der Waals surface area contributed by atoms with Gasteiger partial charge in [0.1, 0.15) is 30.2 Å². The molecule has 35 heavy (non-hydrogen) atoms. The normalized spacial score (nSPS) is 14.4. The molecule has 2 atom stereocenters. The summed E-state index contributed by atoms with van der Waals surface area (Å²) in [5, 5.41) is 23.2. The highest BCUT2D eigenvalue weighted by Gasteiger charge is 2.29. The van der Waals surface area contributed by atoms with Crippen LogP contribution in [0.5, 0.6) is 0 Å². The molecule has 0 aliphatic heterocycles. The number of H-pyrrole nitrogens is 2. The summed E-state index contributed by atoms with van der Waals surface area (Å²) in [4.78, 5) is 44.8. The molecule has 11 nitrogen and oxygen atoms in total. The number of hydrogen-bond donors (Lipinski definition) is 5. The summed E-state index contributed by atoms with van der Waals surface area (Å²) in [6.07, 6.45) is -3.75. The molecule has 0 saturated carbocycles. The van der Waals surface area contributed by atoms with E-state index in [0.717, 1.165) is 26.8 Å². The van der Waals surface area contributed by atoms with Gasteiger partial charge in [-0.05, 0) is 22.3 Å². The molecule has 0 saturated heterocycles. The zero-order valence-corrected chi connectivity index (χ0v) is 18.7. The molecule has 0 fully saturated rings. The molecule has 5 rings (SSSR count). The molecule has 1 amide bonds. The summed E-state index contributed by atoms with van der Waals surface area (Å²) in [5.41, 5.74) is 3.03. The first-order valence-corrected chi connectivity index (χ1v) is 11.0. The van der Waals surface area contributed by atoms with Crippen LogP contribution in [0, 0.1) is 0 Å². The van der Waals surface area contributed by atoms with Gasteiger partial charge in [0.2, 0.25) is 0 Å². The molecule has 11 heteroatoms. The molecule has 0 radical (unpaired) electrons. The van der Waals surface area contributed by atoms with Gasteiger partial charge in [-0.15, -0.1) is 0 Å². The molecular formula is C24H23N5O6. The Balaban J connectivity index is 1.22. The Morgan fingerprint density at radius 1 is 1.09 bits per heavy atom. The quantitative estimate of drug-likeness (QED) is 0.275. The zero-order valence-electron chi connectivity index (χ0n) is 18.7. The maximum Gasteiger partial charge on any atom is 0.407 e. The Morgan fingerprint density at radius 3 is 2.37 bits per heavy atom. The Bertz CT molecular complexity index is 1490. The monoisotopic (exact) mass is 477 g/mol. The number of aromatic amines is 2. The van der Waals surface area contributed by atoms with Gasteiger partial charge in [-0.25, -0.2) is 14.6 Å². The lowest BCUT2D eigenvalue weighted by atomic mass is 9.98. The molecule has 0 spiro atoms. The lowest BCUT2D eigenvalue weighted by Gasteiger charge is -2.18. The van der Waals surface area contributed by atoms with Crippen LogP contribution in [0.3, 0.4) is 0 Å². The molecular weight excluding hydrogens is 454 g/mol. The van der Waals surface area contributed by atoms with E-state index in [-0.39, 0.29) is 36.1 Å². The molecule has 5 N–H and O–H groups in total. The number of aryl methyl sites for hydroxylation is 1. The first-order valence-electron chi connectivity index (χ1n) is 11.0. The first-order chi connectivity index (χ1) is 16.8. The number of amides is 1. The van der Waals surface area contributed by atoms with Crippen molar-refractivity contribution < 1.29 is 19.7 Å². The van der Waals surface area contributed by atoms with Crippen LogP contribution in [-0.2, 0) is 11.8 Å². The minimum Gasteiger partial charge on any atom is -0.449 e. The van der Waals surface area contributed by atoms with Gasteiger partial charge in [-0.2, -0.15) is 0 Å².